The summed E-state index contributed by atoms with van der Waals surface area (Å²) < 4.78 is 5.41. The van der Waals surface area contributed by atoms with E-state index in [2.05, 4.69) is 15.6 Å². The van der Waals surface area contributed by atoms with Crippen LogP contribution in [0.3, 0.4) is 0 Å². The van der Waals surface area contributed by atoms with Gasteiger partial charge in [-0.15, -0.1) is 0 Å². The Balaban J connectivity index is 2.50. The van der Waals surface area contributed by atoms with E-state index in [1.165, 1.54) is 25.7 Å². The van der Waals surface area contributed by atoms with Gasteiger partial charge in [0.2, 0.25) is 0 Å². The van der Waals surface area contributed by atoms with E-state index in [-0.39, 0.29) is 0 Å². The summed E-state index contributed by atoms with van der Waals surface area (Å²) in [4.78, 5) is 0. The zero-order valence-electron chi connectivity index (χ0n) is 5.55. The van der Waals surface area contributed by atoms with Crippen LogP contribution in [0.5, 0.6) is 0 Å². The van der Waals surface area contributed by atoms with Crippen molar-refractivity contribution in [2.45, 2.75) is 25.7 Å². The first kappa shape index (κ1) is 7.80. The topological polar surface area (TPSA) is 0 Å². The van der Waals surface area contributed by atoms with Gasteiger partial charge in [0.15, 0.2) is 0 Å². The van der Waals surface area contributed by atoms with Gasteiger partial charge in [0, 0.05) is 0 Å². The summed E-state index contributed by atoms with van der Waals surface area (Å²) in [6.45, 7) is 0. The van der Waals surface area contributed by atoms with Gasteiger partial charge in [0.05, 0.1) is 0 Å². The van der Waals surface area contributed by atoms with Crippen molar-refractivity contribution in [1.29, 1.82) is 0 Å². The van der Waals surface area contributed by atoms with Gasteiger partial charge in [-0.1, -0.05) is 0 Å². The van der Waals surface area contributed by atoms with Gasteiger partial charge < -0.3 is 0 Å². The molecule has 0 aliphatic heterocycles. The van der Waals surface area contributed by atoms with Crippen LogP contribution in [0.2, 0.25) is 0 Å². The van der Waals surface area contributed by atoms with Gasteiger partial charge in [-0.3, -0.25) is 0 Å². The van der Waals surface area contributed by atoms with E-state index in [4.69, 9.17) is 0 Å². The molecule has 0 spiro atoms. The Kier molecular flexibility index (Phi) is 2.55. The maximum atomic E-state index is 3.23. The van der Waals surface area contributed by atoms with Crippen LogP contribution in [0.15, 0.2) is 0 Å². The molecule has 54 valence electrons. The van der Waals surface area contributed by atoms with Gasteiger partial charge >= 0.3 is 81.0 Å². The van der Waals surface area contributed by atoms with Crippen molar-refractivity contribution in [3.63, 3.8) is 0 Å². The van der Waals surface area contributed by atoms with Crippen LogP contribution >= 0.6 is 0 Å². The molecule has 0 N–H and O–H groups in total. The van der Waals surface area contributed by atoms with E-state index in [9.17, 15) is 0 Å². The predicted octanol–water partition coefficient (Wildman–Crippen LogP) is 0.380. The standard InChI is InChI=1S/C7H8Se3/c8-7-9-5-3-1-2-4-6(5)10-7/h1-4H2. The molecule has 10 heavy (non-hydrogen) atoms. The molecule has 1 heterocycles. The van der Waals surface area contributed by atoms with E-state index in [0.717, 1.165) is 29.0 Å². The second-order valence-electron chi connectivity index (χ2n) is 2.51. The molecule has 0 fully saturated rings. The maximum absolute atomic E-state index is 3.23. The first-order valence-electron chi connectivity index (χ1n) is 3.48. The number of fused-ring (bicyclic) bond motifs is 1. The fourth-order valence-electron chi connectivity index (χ4n) is 1.29. The molecule has 0 aromatic carbocycles. The normalized spacial score (nSPS) is 16.8. The Morgan fingerprint density at radius 2 is 1.50 bits per heavy atom. The predicted molar refractivity (Wildman–Crippen MR) is 46.0 cm³/mol. The summed E-state index contributed by atoms with van der Waals surface area (Å²) in [6, 6.07) is 0. The second kappa shape index (κ2) is 3.27. The van der Waals surface area contributed by atoms with Crippen LogP contribution in [0, 0.1) is 1.81 Å². The third-order valence-corrected chi connectivity index (χ3v) is 9.69. The second-order valence-corrected chi connectivity index (χ2v) is 11.9. The molecule has 3 heteroatoms. The molecule has 1 aliphatic carbocycles. The van der Waals surface area contributed by atoms with Gasteiger partial charge in [0.1, 0.15) is 0 Å². The first-order valence-corrected chi connectivity index (χ1v) is 7.76. The van der Waals surface area contributed by atoms with Gasteiger partial charge in [-0.25, -0.2) is 0 Å². The van der Waals surface area contributed by atoms with E-state index in [1.807, 2.05) is 8.87 Å². The van der Waals surface area contributed by atoms with Crippen LogP contribution in [0.25, 0.3) is 0 Å². The Hall–Kier alpha value is 1.17. The average molecular weight is 329 g/mol. The van der Waals surface area contributed by atoms with E-state index >= 15 is 0 Å². The zero-order chi connectivity index (χ0) is 6.97. The molecule has 1 aromatic heterocycles. The molecule has 0 bridgehead atoms. The Morgan fingerprint density at radius 1 is 1.00 bits per heavy atom. The SMILES string of the molecule is [Se]=c1[se]c2c([se]1)CCCC2. The van der Waals surface area contributed by atoms with Crippen molar-refractivity contribution in [1.82, 2.24) is 0 Å². The van der Waals surface area contributed by atoms with Gasteiger partial charge in [0.25, 0.3) is 0 Å². The van der Waals surface area contributed by atoms with Crippen LogP contribution in [-0.4, -0.2) is 44.6 Å². The summed E-state index contributed by atoms with van der Waals surface area (Å²) in [5.41, 5.74) is 0. The monoisotopic (exact) mass is 332 g/mol. The summed E-state index contributed by atoms with van der Waals surface area (Å²) in [7, 11) is 0. The molecular weight excluding hydrogens is 321 g/mol. The van der Waals surface area contributed by atoms with Crippen molar-refractivity contribution in [3.05, 3.63) is 10.7 Å². The van der Waals surface area contributed by atoms with Crippen molar-refractivity contribution in [2.24, 2.45) is 0 Å². The minimum atomic E-state index is 0.787. The summed E-state index contributed by atoms with van der Waals surface area (Å²) >= 11 is 4.80. The number of aryl methyl sites for hydroxylation is 2. The summed E-state index contributed by atoms with van der Waals surface area (Å²) in [5.74, 6) is 0. The first-order chi connectivity index (χ1) is 4.86. The van der Waals surface area contributed by atoms with Crippen molar-refractivity contribution in [3.8, 4) is 0 Å². The quantitative estimate of drug-likeness (QED) is 0.604. The van der Waals surface area contributed by atoms with Crippen molar-refractivity contribution < 1.29 is 0 Å². The summed E-state index contributed by atoms with van der Waals surface area (Å²) in [6.07, 6.45) is 5.79. The fourth-order valence-corrected chi connectivity index (χ4v) is 9.91. The van der Waals surface area contributed by atoms with Gasteiger partial charge in [-0.05, 0) is 0 Å². The van der Waals surface area contributed by atoms with Crippen molar-refractivity contribution in [2.75, 3.05) is 0 Å². The van der Waals surface area contributed by atoms with E-state index < -0.39 is 0 Å². The Morgan fingerprint density at radius 3 is 2.00 bits per heavy atom. The third-order valence-electron chi connectivity index (χ3n) is 1.78. The molecule has 1 aliphatic rings. The van der Waals surface area contributed by atoms with Crippen molar-refractivity contribution >= 4 is 44.6 Å². The van der Waals surface area contributed by atoms with Crippen LogP contribution in [-0.2, 0) is 12.8 Å². The molecule has 2 rings (SSSR count). The Bertz CT molecular complexity index is 255. The average Bonchev–Trinajstić information content (AvgIpc) is 2.27. The number of hydrogen-bond acceptors (Lipinski definition) is 0. The van der Waals surface area contributed by atoms with Crippen LogP contribution in [0.4, 0.5) is 0 Å². The zero-order valence-corrected chi connectivity index (χ0v) is 10.7. The fraction of sp³-hybridized carbons (Fsp3) is 0.571. The van der Waals surface area contributed by atoms with Crippen LogP contribution in [0.1, 0.15) is 21.7 Å². The molecule has 0 atom stereocenters. The minimum absolute atomic E-state index is 0.787. The molecule has 0 unspecified atom stereocenters. The molecule has 0 radical (unpaired) electrons. The molecule has 0 nitrogen and oxygen atoms in total. The molecule has 0 saturated carbocycles. The molecule has 0 amide bonds. The number of rotatable bonds is 0. The molecular formula is C7H8Se3. The Labute approximate surface area is 80.5 Å². The van der Waals surface area contributed by atoms with Crippen LogP contribution < -0.4 is 0 Å². The van der Waals surface area contributed by atoms with E-state index in [1.54, 1.807) is 1.81 Å². The third kappa shape index (κ3) is 1.50. The molecule has 1 aromatic rings. The molecule has 0 saturated heterocycles. The summed E-state index contributed by atoms with van der Waals surface area (Å²) in [5, 5.41) is 0. The number of hydrogen-bond donors (Lipinski definition) is 0. The van der Waals surface area contributed by atoms with E-state index in [0.29, 0.717) is 0 Å². The van der Waals surface area contributed by atoms with Gasteiger partial charge in [-0.2, -0.15) is 0 Å².